The first-order valence-electron chi connectivity index (χ1n) is 7.14. The standard InChI is InChI=1S/C18H21N/c1-15-7-9-17(10-8-15)18-11-12-19(14-18)13-16-5-3-2-4-6-16/h2-10,18H,11-14H2,1H3/t18-/m1/s1. The third-order valence-electron chi connectivity index (χ3n) is 4.07. The molecule has 0 unspecified atom stereocenters. The fourth-order valence-corrected chi connectivity index (χ4v) is 2.93. The maximum atomic E-state index is 2.57. The molecule has 0 bridgehead atoms. The molecule has 0 aliphatic carbocycles. The monoisotopic (exact) mass is 251 g/mol. The molecule has 2 aromatic carbocycles. The maximum absolute atomic E-state index is 2.57. The first kappa shape index (κ1) is 12.4. The lowest BCUT2D eigenvalue weighted by atomic mass is 9.98. The maximum Gasteiger partial charge on any atom is 0.0233 e. The average molecular weight is 251 g/mol. The molecular formula is C18H21N. The molecule has 3 rings (SSSR count). The van der Waals surface area contributed by atoms with Crippen LogP contribution in [0.1, 0.15) is 29.0 Å². The Kier molecular flexibility index (Phi) is 3.65. The van der Waals surface area contributed by atoms with Crippen LogP contribution >= 0.6 is 0 Å². The zero-order chi connectivity index (χ0) is 13.1. The smallest absolute Gasteiger partial charge is 0.0233 e. The molecule has 1 heterocycles. The van der Waals surface area contributed by atoms with Crippen LogP contribution in [0.15, 0.2) is 54.6 Å². The highest BCUT2D eigenvalue weighted by atomic mass is 15.1. The molecule has 98 valence electrons. The largest absolute Gasteiger partial charge is 0.298 e. The fraction of sp³-hybridized carbons (Fsp3) is 0.333. The number of hydrogen-bond acceptors (Lipinski definition) is 1. The minimum Gasteiger partial charge on any atom is -0.298 e. The Morgan fingerprint density at radius 2 is 1.74 bits per heavy atom. The van der Waals surface area contributed by atoms with Gasteiger partial charge in [-0.15, -0.1) is 0 Å². The molecule has 1 atom stereocenters. The molecule has 1 aliphatic rings. The van der Waals surface area contributed by atoms with Crippen LogP contribution in [0.25, 0.3) is 0 Å². The highest BCUT2D eigenvalue weighted by Crippen LogP contribution is 2.28. The molecule has 1 nitrogen and oxygen atoms in total. The molecule has 1 saturated heterocycles. The number of benzene rings is 2. The van der Waals surface area contributed by atoms with Crippen molar-refractivity contribution >= 4 is 0 Å². The molecule has 0 radical (unpaired) electrons. The third-order valence-corrected chi connectivity index (χ3v) is 4.07. The molecular weight excluding hydrogens is 230 g/mol. The summed E-state index contributed by atoms with van der Waals surface area (Å²) in [5.74, 6) is 0.712. The van der Waals surface area contributed by atoms with Gasteiger partial charge in [0.25, 0.3) is 0 Å². The molecule has 19 heavy (non-hydrogen) atoms. The third kappa shape index (κ3) is 3.05. The second-order valence-corrected chi connectivity index (χ2v) is 5.62. The molecule has 2 aromatic rings. The van der Waals surface area contributed by atoms with Gasteiger partial charge in [0.2, 0.25) is 0 Å². The molecule has 1 fully saturated rings. The Bertz CT molecular complexity index is 515. The van der Waals surface area contributed by atoms with Gasteiger partial charge in [-0.3, -0.25) is 4.90 Å². The van der Waals surface area contributed by atoms with Crippen LogP contribution < -0.4 is 0 Å². The van der Waals surface area contributed by atoms with Crippen molar-refractivity contribution < 1.29 is 0 Å². The van der Waals surface area contributed by atoms with E-state index in [1.807, 2.05) is 0 Å². The molecule has 1 heteroatoms. The quantitative estimate of drug-likeness (QED) is 0.797. The predicted molar refractivity (Wildman–Crippen MR) is 80.3 cm³/mol. The van der Waals surface area contributed by atoms with Gasteiger partial charge in [-0.25, -0.2) is 0 Å². The van der Waals surface area contributed by atoms with Crippen molar-refractivity contribution in [2.24, 2.45) is 0 Å². The van der Waals surface area contributed by atoms with Gasteiger partial charge in [-0.05, 0) is 36.9 Å². The van der Waals surface area contributed by atoms with E-state index < -0.39 is 0 Å². The normalized spacial score (nSPS) is 19.7. The van der Waals surface area contributed by atoms with Crippen LogP contribution in [0, 0.1) is 6.92 Å². The van der Waals surface area contributed by atoms with E-state index in [0.29, 0.717) is 5.92 Å². The van der Waals surface area contributed by atoms with Crippen molar-refractivity contribution in [1.82, 2.24) is 4.90 Å². The highest BCUT2D eigenvalue weighted by Gasteiger charge is 2.23. The number of nitrogens with zero attached hydrogens (tertiary/aromatic N) is 1. The first-order valence-corrected chi connectivity index (χ1v) is 7.14. The van der Waals surface area contributed by atoms with Gasteiger partial charge in [-0.2, -0.15) is 0 Å². The van der Waals surface area contributed by atoms with Crippen LogP contribution in [0.4, 0.5) is 0 Å². The van der Waals surface area contributed by atoms with Crippen molar-refractivity contribution in [2.75, 3.05) is 13.1 Å². The molecule has 0 spiro atoms. The summed E-state index contributed by atoms with van der Waals surface area (Å²) < 4.78 is 0. The van der Waals surface area contributed by atoms with E-state index >= 15 is 0 Å². The summed E-state index contributed by atoms with van der Waals surface area (Å²) in [4.78, 5) is 2.57. The second-order valence-electron chi connectivity index (χ2n) is 5.62. The number of hydrogen-bond donors (Lipinski definition) is 0. The molecule has 0 amide bonds. The summed E-state index contributed by atoms with van der Waals surface area (Å²) >= 11 is 0. The Hall–Kier alpha value is -1.60. The number of likely N-dealkylation sites (tertiary alicyclic amines) is 1. The van der Waals surface area contributed by atoms with Crippen LogP contribution in [0.2, 0.25) is 0 Å². The van der Waals surface area contributed by atoms with E-state index in [-0.39, 0.29) is 0 Å². The lowest BCUT2D eigenvalue weighted by molar-refractivity contribution is 0.327. The fourth-order valence-electron chi connectivity index (χ4n) is 2.93. The van der Waals surface area contributed by atoms with Gasteiger partial charge in [0.15, 0.2) is 0 Å². The SMILES string of the molecule is Cc1ccc([C@@H]2CCN(Cc3ccccc3)C2)cc1. The first-order chi connectivity index (χ1) is 9.31. The van der Waals surface area contributed by atoms with E-state index in [2.05, 4.69) is 66.4 Å². The van der Waals surface area contributed by atoms with Gasteiger partial charge in [0, 0.05) is 13.1 Å². The summed E-state index contributed by atoms with van der Waals surface area (Å²) in [7, 11) is 0. The lowest BCUT2D eigenvalue weighted by Crippen LogP contribution is -2.19. The summed E-state index contributed by atoms with van der Waals surface area (Å²) in [6.07, 6.45) is 1.29. The van der Waals surface area contributed by atoms with Gasteiger partial charge < -0.3 is 0 Å². The summed E-state index contributed by atoms with van der Waals surface area (Å²) in [6.45, 7) is 5.65. The summed E-state index contributed by atoms with van der Waals surface area (Å²) in [5, 5.41) is 0. The molecule has 0 saturated carbocycles. The summed E-state index contributed by atoms with van der Waals surface area (Å²) in [6, 6.07) is 19.8. The Morgan fingerprint density at radius 3 is 2.47 bits per heavy atom. The predicted octanol–water partition coefficient (Wildman–Crippen LogP) is 3.98. The Morgan fingerprint density at radius 1 is 1.00 bits per heavy atom. The van der Waals surface area contributed by atoms with E-state index in [4.69, 9.17) is 0 Å². The van der Waals surface area contributed by atoms with Crippen molar-refractivity contribution in [1.29, 1.82) is 0 Å². The lowest BCUT2D eigenvalue weighted by Gasteiger charge is -2.16. The van der Waals surface area contributed by atoms with E-state index in [1.54, 1.807) is 0 Å². The molecule has 0 aromatic heterocycles. The van der Waals surface area contributed by atoms with Crippen molar-refractivity contribution in [3.05, 3.63) is 71.3 Å². The van der Waals surface area contributed by atoms with Crippen LogP contribution in [-0.2, 0) is 6.54 Å². The summed E-state index contributed by atoms with van der Waals surface area (Å²) in [5.41, 5.74) is 4.27. The number of rotatable bonds is 3. The Balaban J connectivity index is 1.62. The Labute approximate surface area is 115 Å². The van der Waals surface area contributed by atoms with Gasteiger partial charge in [-0.1, -0.05) is 60.2 Å². The zero-order valence-corrected chi connectivity index (χ0v) is 11.5. The van der Waals surface area contributed by atoms with E-state index in [1.165, 1.54) is 36.2 Å². The molecule has 1 aliphatic heterocycles. The number of aryl methyl sites for hydroxylation is 1. The van der Waals surface area contributed by atoms with E-state index in [0.717, 1.165) is 6.54 Å². The van der Waals surface area contributed by atoms with Crippen LogP contribution in [0.5, 0.6) is 0 Å². The average Bonchev–Trinajstić information content (AvgIpc) is 2.89. The van der Waals surface area contributed by atoms with Crippen molar-refractivity contribution in [2.45, 2.75) is 25.8 Å². The molecule has 0 N–H and O–H groups in total. The van der Waals surface area contributed by atoms with Crippen molar-refractivity contribution in [3.63, 3.8) is 0 Å². The highest BCUT2D eigenvalue weighted by molar-refractivity contribution is 5.25. The van der Waals surface area contributed by atoms with Crippen LogP contribution in [0.3, 0.4) is 0 Å². The van der Waals surface area contributed by atoms with Gasteiger partial charge in [0.1, 0.15) is 0 Å². The second kappa shape index (κ2) is 5.58. The van der Waals surface area contributed by atoms with E-state index in [9.17, 15) is 0 Å². The van der Waals surface area contributed by atoms with Gasteiger partial charge in [0.05, 0.1) is 0 Å². The minimum absolute atomic E-state index is 0.712. The minimum atomic E-state index is 0.712. The zero-order valence-electron chi connectivity index (χ0n) is 11.5. The topological polar surface area (TPSA) is 3.24 Å². The van der Waals surface area contributed by atoms with Crippen LogP contribution in [-0.4, -0.2) is 18.0 Å². The van der Waals surface area contributed by atoms with Gasteiger partial charge >= 0.3 is 0 Å². The van der Waals surface area contributed by atoms with Crippen molar-refractivity contribution in [3.8, 4) is 0 Å².